The van der Waals surface area contributed by atoms with E-state index >= 15 is 4.39 Å². The van der Waals surface area contributed by atoms with Gasteiger partial charge in [-0.1, -0.05) is 56.7 Å². The van der Waals surface area contributed by atoms with Gasteiger partial charge in [0.15, 0.2) is 11.5 Å². The molecule has 0 radical (unpaired) electrons. The summed E-state index contributed by atoms with van der Waals surface area (Å²) in [6.45, 7) is 3.13. The maximum atomic E-state index is 16.7. The monoisotopic (exact) mass is 718 g/mol. The number of nitrogens with one attached hydrogen (secondary N) is 2. The highest BCUT2D eigenvalue weighted by atomic mass is 19.1. The van der Waals surface area contributed by atoms with Crippen molar-refractivity contribution in [3.63, 3.8) is 0 Å². The third-order valence-corrected chi connectivity index (χ3v) is 12.3. The van der Waals surface area contributed by atoms with Gasteiger partial charge in [-0.05, 0) is 81.6 Å². The summed E-state index contributed by atoms with van der Waals surface area (Å²) in [5.41, 5.74) is 2.22. The Bertz CT molecular complexity index is 2280. The van der Waals surface area contributed by atoms with Gasteiger partial charge in [-0.25, -0.2) is 4.39 Å². The number of rotatable bonds is 9. The van der Waals surface area contributed by atoms with E-state index in [0.29, 0.717) is 65.7 Å². The van der Waals surface area contributed by atoms with Crippen molar-refractivity contribution in [2.75, 3.05) is 26.2 Å². The lowest BCUT2D eigenvalue weighted by Crippen LogP contribution is -2.38. The van der Waals surface area contributed by atoms with Crippen molar-refractivity contribution < 1.29 is 23.1 Å². The lowest BCUT2D eigenvalue weighted by molar-refractivity contribution is -0.122. The first-order chi connectivity index (χ1) is 25.9. The summed E-state index contributed by atoms with van der Waals surface area (Å²) in [4.78, 5) is 43.1. The molecule has 4 aliphatic rings. The van der Waals surface area contributed by atoms with E-state index in [1.165, 1.54) is 38.2 Å². The largest absolute Gasteiger partial charge is 0.456 e. The number of nitrogens with zero attached hydrogens (tertiary/aromatic N) is 2. The number of hydrogen-bond acceptors (Lipinski definition) is 6. The molecule has 0 bridgehead atoms. The Balaban J connectivity index is 1.08. The van der Waals surface area contributed by atoms with Crippen LogP contribution in [0.25, 0.3) is 38.5 Å². The van der Waals surface area contributed by atoms with Crippen LogP contribution < -0.4 is 20.8 Å². The van der Waals surface area contributed by atoms with E-state index in [1.54, 1.807) is 6.20 Å². The van der Waals surface area contributed by atoms with Crippen LogP contribution >= 0.6 is 0 Å². The van der Waals surface area contributed by atoms with Crippen molar-refractivity contribution >= 4 is 44.7 Å². The Morgan fingerprint density at radius 2 is 1.72 bits per heavy atom. The highest BCUT2D eigenvalue weighted by molar-refractivity contribution is 6.07. The highest BCUT2D eigenvalue weighted by Crippen LogP contribution is 2.49. The molecule has 2 atom stereocenters. The number of hydrogen-bond donors (Lipinski definition) is 2. The molecule has 4 heterocycles. The van der Waals surface area contributed by atoms with Gasteiger partial charge in [0.1, 0.15) is 28.1 Å². The van der Waals surface area contributed by atoms with Crippen molar-refractivity contribution in [3.05, 3.63) is 75.8 Å². The molecule has 1 saturated heterocycles. The van der Waals surface area contributed by atoms with Crippen molar-refractivity contribution in [3.8, 4) is 17.2 Å². The molecule has 3 fully saturated rings. The van der Waals surface area contributed by atoms with E-state index in [4.69, 9.17) is 9.15 Å². The maximum absolute atomic E-state index is 16.7. The molecule has 2 N–H and O–H groups in total. The van der Waals surface area contributed by atoms with E-state index in [1.807, 2.05) is 41.0 Å². The molecule has 5 aromatic rings. The average Bonchev–Trinajstić information content (AvgIpc) is 3.82. The van der Waals surface area contributed by atoms with Crippen molar-refractivity contribution in [1.29, 1.82) is 0 Å². The summed E-state index contributed by atoms with van der Waals surface area (Å²) in [7, 11) is 0. The third-order valence-electron chi connectivity index (χ3n) is 12.3. The number of carbonyl (C=O) groups is 2. The Kier molecular flexibility index (Phi) is 9.18. The lowest BCUT2D eigenvalue weighted by atomic mass is 9.80. The van der Waals surface area contributed by atoms with Gasteiger partial charge in [0.05, 0.1) is 11.1 Å². The van der Waals surface area contributed by atoms with Crippen LogP contribution in [0.1, 0.15) is 105 Å². The zero-order chi connectivity index (χ0) is 36.1. The van der Waals surface area contributed by atoms with Crippen LogP contribution in [0.5, 0.6) is 11.5 Å². The Hall–Kier alpha value is -4.70. The van der Waals surface area contributed by atoms with E-state index in [2.05, 4.69) is 15.5 Å². The number of ether oxygens (including phenoxy) is 1. The molecule has 3 aromatic carbocycles. The fraction of sp³-hybridized carbons (Fsp3) is 0.465. The van der Waals surface area contributed by atoms with E-state index in [0.717, 1.165) is 68.0 Å². The normalized spacial score (nSPS) is 20.5. The zero-order valence-corrected chi connectivity index (χ0v) is 30.2. The molecule has 0 spiro atoms. The van der Waals surface area contributed by atoms with Crippen LogP contribution in [-0.2, 0) is 4.79 Å². The third kappa shape index (κ3) is 6.49. The predicted molar refractivity (Wildman–Crippen MR) is 204 cm³/mol. The number of halogens is 1. The molecular formula is C43H47FN4O5. The van der Waals surface area contributed by atoms with Gasteiger partial charge in [-0.2, -0.15) is 0 Å². The Morgan fingerprint density at radius 3 is 2.57 bits per heavy atom. The smallest absolute Gasteiger partial charge is 0.256 e. The standard InChI is InChI=1S/C43H47FN4O5/c44-33-22-31-40-42(39(33)27-11-8-12-28(21-27)46-38(49)16-15-26-9-2-1-3-10-26)53-37-23-30-29-13-4-5-14-35(29)52-36(30)24-34(37)48(40)25-32(41(31)50)43(51)45-17-20-47-18-6-7-19-47/h4-5,13-14,22-28H,1-3,6-12,15-21H2,(H,45,51)(H,46,49)/t27?,28-/m1/s1. The number of amides is 2. The average molecular weight is 719 g/mol. The fourth-order valence-corrected chi connectivity index (χ4v) is 9.52. The molecule has 53 heavy (non-hydrogen) atoms. The fourth-order valence-electron chi connectivity index (χ4n) is 9.52. The molecule has 276 valence electrons. The number of furan rings is 1. The summed E-state index contributed by atoms with van der Waals surface area (Å²) in [6.07, 6.45) is 14.5. The molecule has 2 saturated carbocycles. The maximum Gasteiger partial charge on any atom is 0.256 e. The number of aromatic nitrogens is 1. The van der Waals surface area contributed by atoms with Gasteiger partial charge < -0.3 is 29.3 Å². The number of benzene rings is 3. The van der Waals surface area contributed by atoms with Crippen LogP contribution in [0, 0.1) is 11.7 Å². The van der Waals surface area contributed by atoms with Gasteiger partial charge in [-0.3, -0.25) is 14.4 Å². The minimum atomic E-state index is -0.537. The highest BCUT2D eigenvalue weighted by Gasteiger charge is 2.35. The number of likely N-dealkylation sites (tertiary alicyclic amines) is 1. The molecule has 10 heteroatoms. The number of para-hydroxylation sites is 1. The van der Waals surface area contributed by atoms with Gasteiger partial charge in [-0.15, -0.1) is 0 Å². The van der Waals surface area contributed by atoms with Crippen LogP contribution in [0.4, 0.5) is 4.39 Å². The van der Waals surface area contributed by atoms with Crippen LogP contribution in [0.2, 0.25) is 0 Å². The number of pyridine rings is 1. The summed E-state index contributed by atoms with van der Waals surface area (Å²) in [5.74, 6) is 0.235. The molecule has 1 unspecified atom stereocenters. The van der Waals surface area contributed by atoms with Crippen LogP contribution in [0.3, 0.4) is 0 Å². The SMILES string of the molecule is O=C(CCC1CCCCC1)N[C@@H]1CCCC(c2c(F)cc3c(=O)c(C(=O)NCCN4CCCC4)cn4c3c2Oc2cc3c(cc2-4)oc2ccccc23)C1. The van der Waals surface area contributed by atoms with E-state index in [-0.39, 0.29) is 28.8 Å². The first kappa shape index (κ1) is 34.1. The lowest BCUT2D eigenvalue weighted by Gasteiger charge is -2.33. The number of fused-ring (bicyclic) bond motifs is 5. The Morgan fingerprint density at radius 1 is 0.887 bits per heavy atom. The molecule has 9 rings (SSSR count). The minimum absolute atomic E-state index is 0.0526. The van der Waals surface area contributed by atoms with E-state index in [9.17, 15) is 14.4 Å². The molecule has 9 nitrogen and oxygen atoms in total. The second-order valence-electron chi connectivity index (χ2n) is 15.7. The van der Waals surface area contributed by atoms with Gasteiger partial charge in [0.2, 0.25) is 11.3 Å². The first-order valence-corrected chi connectivity index (χ1v) is 19.8. The van der Waals surface area contributed by atoms with Crippen LogP contribution in [-0.4, -0.2) is 53.5 Å². The van der Waals surface area contributed by atoms with Crippen molar-refractivity contribution in [2.24, 2.45) is 5.92 Å². The zero-order valence-electron chi connectivity index (χ0n) is 30.2. The molecule has 2 aliphatic carbocycles. The number of carbonyl (C=O) groups excluding carboxylic acids is 2. The molecular weight excluding hydrogens is 671 g/mol. The molecule has 2 aromatic heterocycles. The second kappa shape index (κ2) is 14.3. The van der Waals surface area contributed by atoms with Gasteiger partial charge in [0, 0.05) is 54.2 Å². The Labute approximate surface area is 307 Å². The van der Waals surface area contributed by atoms with Crippen LogP contribution in [0.15, 0.2) is 57.9 Å². The minimum Gasteiger partial charge on any atom is -0.456 e. The summed E-state index contributed by atoms with van der Waals surface area (Å²) >= 11 is 0. The van der Waals surface area contributed by atoms with Gasteiger partial charge >= 0.3 is 0 Å². The van der Waals surface area contributed by atoms with Crippen molar-refractivity contribution in [1.82, 2.24) is 20.1 Å². The van der Waals surface area contributed by atoms with E-state index < -0.39 is 17.2 Å². The predicted octanol–water partition coefficient (Wildman–Crippen LogP) is 8.46. The summed E-state index contributed by atoms with van der Waals surface area (Å²) in [5, 5.41) is 8.09. The summed E-state index contributed by atoms with van der Waals surface area (Å²) < 4.78 is 31.4. The quantitative estimate of drug-likeness (QED) is 0.155. The van der Waals surface area contributed by atoms with Crippen molar-refractivity contribution in [2.45, 2.75) is 95.4 Å². The molecule has 2 amide bonds. The second-order valence-corrected chi connectivity index (χ2v) is 15.7. The topological polar surface area (TPSA) is 106 Å². The summed E-state index contributed by atoms with van der Waals surface area (Å²) in [6, 6.07) is 12.8. The van der Waals surface area contributed by atoms with Gasteiger partial charge in [0.25, 0.3) is 5.91 Å². The molecule has 2 aliphatic heterocycles. The first-order valence-electron chi connectivity index (χ1n) is 19.8.